The van der Waals surface area contributed by atoms with E-state index in [1.54, 1.807) is 0 Å². The first-order chi connectivity index (χ1) is 34.2. The molecule has 0 saturated carbocycles. The normalized spacial score (nSPS) is 30.9. The van der Waals surface area contributed by atoms with Gasteiger partial charge in [-0.2, -0.15) is 4.31 Å². The molecule has 8 rings (SSSR count). The van der Waals surface area contributed by atoms with E-state index < -0.39 is 141 Å². The van der Waals surface area contributed by atoms with Gasteiger partial charge in [0, 0.05) is 32.4 Å². The highest BCUT2D eigenvalue weighted by atomic mass is 31.3. The van der Waals surface area contributed by atoms with Gasteiger partial charge < -0.3 is 74.6 Å². The number of methoxy groups -OCH3 is 2. The van der Waals surface area contributed by atoms with Gasteiger partial charge in [-0.25, -0.2) is 38.0 Å². The number of aromatic amines is 2. The maximum atomic E-state index is 14.3. The van der Waals surface area contributed by atoms with Crippen molar-refractivity contribution in [3.63, 3.8) is 0 Å². The molecule has 3 saturated heterocycles. The highest BCUT2D eigenvalue weighted by molar-refractivity contribution is 7.71. The lowest BCUT2D eigenvalue weighted by atomic mass is 9.99. The summed E-state index contributed by atoms with van der Waals surface area (Å²) in [6.45, 7) is -3.39. The van der Waals surface area contributed by atoms with E-state index in [-0.39, 0.29) is 40.7 Å². The summed E-state index contributed by atoms with van der Waals surface area (Å²) in [6, 6.07) is 0.931. The Labute approximate surface area is 406 Å². The standard InChI is InChI=1S/C33H47N13O23P4/c1-43-12-46(27-19(43)28(51)41-32(35)40-27)29-20(48)13(6-61-2)14(66-29)7-65-73(59,60)69-72(57,58)42-71(55,56)64-9-16-24(23(62-3)31(68-16)45-11-38-18-25(34)36-10-37-26(18)45)70(53,54)63-8-15-21(49)22(50)30(67-15)44-5-4-17(47)39-33(44)52/h4-5,10-16,20-24,29-31,48-50H,6-9H2,1-3H3,(H10-,34,35,36,37,39,40,41,42,47,51,52,53,54,55,56,57,58,59,60)/p+1/t13-,14-,15-,16?,20-,21-,22-,23-,24-,29-,30-,31-/m1/s1. The van der Waals surface area contributed by atoms with Gasteiger partial charge >= 0.3 is 42.2 Å². The van der Waals surface area contributed by atoms with Crippen LogP contribution in [-0.4, -0.2) is 168 Å². The van der Waals surface area contributed by atoms with Crippen molar-refractivity contribution < 1.29 is 99.3 Å². The summed E-state index contributed by atoms with van der Waals surface area (Å²) in [5.74, 6) is -1.37. The highest BCUT2D eigenvalue weighted by Crippen LogP contribution is 2.63. The number of nitrogens with two attached hydrogens (primary N) is 2. The predicted molar refractivity (Wildman–Crippen MR) is 238 cm³/mol. The molecule has 16 atom stereocenters. The number of nitrogens with one attached hydrogen (secondary N) is 3. The van der Waals surface area contributed by atoms with E-state index in [0.717, 1.165) is 36.6 Å². The number of aliphatic hydroxyl groups is 3. The van der Waals surface area contributed by atoms with E-state index in [9.17, 15) is 67.5 Å². The second-order valence-electron chi connectivity index (χ2n) is 16.5. The number of rotatable bonds is 20. The number of anilines is 2. The van der Waals surface area contributed by atoms with Crippen LogP contribution >= 0.6 is 30.9 Å². The number of fused-ring (bicyclic) bond motifs is 2. The van der Waals surface area contributed by atoms with Gasteiger partial charge in [0.1, 0.15) is 54.1 Å². The third-order valence-corrected chi connectivity index (χ3v) is 18.3. The molecule has 5 unspecified atom stereocenters. The van der Waals surface area contributed by atoms with Crippen molar-refractivity contribution in [3.05, 3.63) is 62.4 Å². The van der Waals surface area contributed by atoms with Crippen molar-refractivity contribution >= 4 is 65.0 Å². The number of H-pyrrole nitrogens is 2. The molecule has 14 N–H and O–H groups in total. The number of hydrogen-bond acceptors (Lipinski definition) is 25. The van der Waals surface area contributed by atoms with Crippen molar-refractivity contribution in [2.24, 2.45) is 13.0 Å². The first-order valence-corrected chi connectivity index (χ1v) is 27.3. The van der Waals surface area contributed by atoms with E-state index in [2.05, 4.69) is 29.2 Å². The maximum Gasteiger partial charge on any atom is 0.480 e. The maximum absolute atomic E-state index is 14.3. The summed E-state index contributed by atoms with van der Waals surface area (Å²) in [5, 5.41) is 32.7. The number of phosphoric ester groups is 1. The molecule has 5 aromatic rings. The molecule has 0 bridgehead atoms. The van der Waals surface area contributed by atoms with E-state index >= 15 is 0 Å². The van der Waals surface area contributed by atoms with E-state index in [1.165, 1.54) is 39.0 Å². The van der Waals surface area contributed by atoms with Crippen LogP contribution in [0.1, 0.15) is 18.7 Å². The number of phosphoric acid groups is 1. The minimum absolute atomic E-state index is 0.00574. The van der Waals surface area contributed by atoms with E-state index in [4.69, 9.17) is 48.7 Å². The lowest BCUT2D eigenvalue weighted by Gasteiger charge is -2.28. The van der Waals surface area contributed by atoms with Gasteiger partial charge in [0.15, 0.2) is 30.2 Å². The van der Waals surface area contributed by atoms with E-state index in [1.807, 2.05) is 4.98 Å². The topological polar surface area (TPSA) is 510 Å². The Morgan fingerprint density at radius 2 is 1.52 bits per heavy atom. The van der Waals surface area contributed by atoms with Gasteiger partial charge in [-0.3, -0.25) is 46.9 Å². The van der Waals surface area contributed by atoms with Crippen LogP contribution in [0, 0.1) is 5.92 Å². The molecule has 402 valence electrons. The monoisotopic (exact) mass is 1120 g/mol. The minimum Gasteiger partial charge on any atom is -0.387 e. The first kappa shape index (κ1) is 54.7. The Bertz CT molecular complexity index is 3250. The third kappa shape index (κ3) is 11.2. The van der Waals surface area contributed by atoms with Crippen molar-refractivity contribution in [2.45, 2.75) is 67.1 Å². The second-order valence-corrected chi connectivity index (χ2v) is 23.4. The van der Waals surface area contributed by atoms with Gasteiger partial charge in [-0.05, 0) is 0 Å². The molecule has 8 heterocycles. The highest BCUT2D eigenvalue weighted by Gasteiger charge is 2.57. The lowest BCUT2D eigenvalue weighted by molar-refractivity contribution is -0.745. The third-order valence-electron chi connectivity index (χ3n) is 11.7. The molecular formula is C33H48N13O23P4+. The van der Waals surface area contributed by atoms with Crippen molar-refractivity contribution in [3.8, 4) is 0 Å². The smallest absolute Gasteiger partial charge is 0.387 e. The largest absolute Gasteiger partial charge is 0.480 e. The molecule has 3 aliphatic rings. The van der Waals surface area contributed by atoms with Crippen LogP contribution in [0.5, 0.6) is 0 Å². The zero-order valence-electron chi connectivity index (χ0n) is 37.8. The zero-order chi connectivity index (χ0) is 53.1. The molecule has 0 aliphatic carbocycles. The molecule has 73 heavy (non-hydrogen) atoms. The van der Waals surface area contributed by atoms with Crippen molar-refractivity contribution in [1.82, 2.24) is 48.5 Å². The minimum atomic E-state index is -5.94. The number of aromatic nitrogens is 10. The summed E-state index contributed by atoms with van der Waals surface area (Å²) in [5.41, 5.74) is 7.38. The Morgan fingerprint density at radius 3 is 2.22 bits per heavy atom. The molecule has 3 aliphatic heterocycles. The Hall–Kier alpha value is -4.58. The number of imidazole rings is 2. The van der Waals surface area contributed by atoms with Crippen LogP contribution in [0.3, 0.4) is 0 Å². The Kier molecular flexibility index (Phi) is 15.6. The number of aryl methyl sites for hydroxylation is 1. The lowest BCUT2D eigenvalue weighted by Crippen LogP contribution is -2.45. The molecule has 5 aromatic heterocycles. The molecule has 0 radical (unpaired) electrons. The average molecular weight is 1120 g/mol. The molecule has 0 amide bonds. The van der Waals surface area contributed by atoms with Gasteiger partial charge in [0.05, 0.1) is 45.9 Å². The number of nitrogen functional groups attached to an aromatic ring is 2. The fourth-order valence-electron chi connectivity index (χ4n) is 8.53. The van der Waals surface area contributed by atoms with Gasteiger partial charge in [-0.1, -0.05) is 4.98 Å². The van der Waals surface area contributed by atoms with Crippen LogP contribution < -0.4 is 37.7 Å². The fourth-order valence-corrected chi connectivity index (χ4v) is 14.3. The molecule has 0 spiro atoms. The van der Waals surface area contributed by atoms with Crippen molar-refractivity contribution in [2.75, 3.05) is 52.1 Å². The molecule has 36 nitrogen and oxygen atoms in total. The van der Waals surface area contributed by atoms with Crippen LogP contribution in [0.2, 0.25) is 0 Å². The number of nitrogens with zero attached hydrogens (tertiary/aromatic N) is 8. The fraction of sp³-hybridized carbons (Fsp3) is 0.576. The van der Waals surface area contributed by atoms with Crippen molar-refractivity contribution in [1.29, 1.82) is 0 Å². The molecule has 40 heteroatoms. The number of aliphatic hydroxyl groups excluding tert-OH is 3. The Morgan fingerprint density at radius 1 is 0.822 bits per heavy atom. The second kappa shape index (κ2) is 20.9. The van der Waals surface area contributed by atoms with E-state index in [0.29, 0.717) is 0 Å². The van der Waals surface area contributed by atoms with Gasteiger partial charge in [0.2, 0.25) is 11.7 Å². The molecular weight excluding hydrogens is 1070 g/mol. The zero-order valence-corrected chi connectivity index (χ0v) is 41.4. The average Bonchev–Trinajstić information content (AvgIpc) is 4.10. The Balaban J connectivity index is 0.957. The number of ether oxygens (including phenoxy) is 5. The van der Waals surface area contributed by atoms with Crippen LogP contribution in [0.25, 0.3) is 22.3 Å². The summed E-state index contributed by atoms with van der Waals surface area (Å²) >= 11 is 0. The molecule has 0 aromatic carbocycles. The van der Waals surface area contributed by atoms with Gasteiger partial charge in [-0.15, -0.1) is 4.86 Å². The quantitative estimate of drug-likeness (QED) is 0.0259. The summed E-state index contributed by atoms with van der Waals surface area (Å²) in [4.78, 5) is 102. The molecule has 3 fully saturated rings. The summed E-state index contributed by atoms with van der Waals surface area (Å²) in [6.07, 6.45) is -11.4. The predicted octanol–water partition coefficient (Wildman–Crippen LogP) is -4.33. The number of hydrogen-bond donors (Lipinski definition) is 12. The summed E-state index contributed by atoms with van der Waals surface area (Å²) in [7, 11) is -18.8. The summed E-state index contributed by atoms with van der Waals surface area (Å²) < 4.78 is 107. The SMILES string of the molecule is COC[C@H]1[C@@H](O)[C@H]([n+]2cn(C)c3c(=O)[nH]c(N)nc32)O[C@@H]1COP(=O)(O)OP(=O)(O)NP(=O)(O)OCC1O[C@@H](n2cnc3c(N)ncnc32)[C@H](OC)[C@@H]1P(=O)(O)OC[C@H]1O[C@@H](n2ccc(=O)[nH]c2=O)[C@H](O)[C@@H]1O. The van der Waals surface area contributed by atoms with Crippen LogP contribution in [0.4, 0.5) is 11.8 Å². The van der Waals surface area contributed by atoms with Crippen LogP contribution in [-0.2, 0) is 66.9 Å². The first-order valence-electron chi connectivity index (χ1n) is 21.0. The van der Waals surface area contributed by atoms with Crippen LogP contribution in [0.15, 0.2) is 45.6 Å². The van der Waals surface area contributed by atoms with Gasteiger partial charge in [0.25, 0.3) is 17.1 Å².